The number of benzene rings is 3. The van der Waals surface area contributed by atoms with Crippen molar-refractivity contribution >= 4 is 23.1 Å². The highest BCUT2D eigenvalue weighted by molar-refractivity contribution is 7.98. The highest BCUT2D eigenvalue weighted by Crippen LogP contribution is 2.32. The van der Waals surface area contributed by atoms with E-state index in [1.54, 1.807) is 6.07 Å². The molecule has 0 atom stereocenters. The topological polar surface area (TPSA) is 67.2 Å². The van der Waals surface area contributed by atoms with Crippen LogP contribution in [-0.2, 0) is 12.3 Å². The predicted molar refractivity (Wildman–Crippen MR) is 106 cm³/mol. The third-order valence-corrected chi connectivity index (χ3v) is 4.89. The molecule has 0 saturated carbocycles. The number of hydrogen-bond acceptors (Lipinski definition) is 5. The fourth-order valence-corrected chi connectivity index (χ4v) is 3.40. The monoisotopic (exact) mass is 365 g/mol. The molecule has 0 bridgehead atoms. The van der Waals surface area contributed by atoms with Crippen LogP contribution >= 0.6 is 11.8 Å². The molecule has 0 aromatic heterocycles. The summed E-state index contributed by atoms with van der Waals surface area (Å²) in [6.07, 6.45) is 0. The number of nitrogens with zero attached hydrogens (tertiary/aromatic N) is 1. The zero-order valence-corrected chi connectivity index (χ0v) is 14.9. The van der Waals surface area contributed by atoms with Crippen molar-refractivity contribution < 1.29 is 4.92 Å². The van der Waals surface area contributed by atoms with Crippen LogP contribution in [-0.4, -0.2) is 4.92 Å². The molecule has 26 heavy (non-hydrogen) atoms. The van der Waals surface area contributed by atoms with Crippen LogP contribution in [0.15, 0.2) is 83.8 Å². The van der Waals surface area contributed by atoms with E-state index in [1.807, 2.05) is 72.8 Å². The normalized spacial score (nSPS) is 10.5. The lowest BCUT2D eigenvalue weighted by molar-refractivity contribution is -0.387. The Hall–Kier alpha value is -2.83. The van der Waals surface area contributed by atoms with Gasteiger partial charge in [0.1, 0.15) is 0 Å². The molecule has 0 aliphatic heterocycles. The van der Waals surface area contributed by atoms with E-state index in [0.29, 0.717) is 17.2 Å². The summed E-state index contributed by atoms with van der Waals surface area (Å²) >= 11 is 1.48. The first kappa shape index (κ1) is 18.0. The van der Waals surface area contributed by atoms with Crippen LogP contribution in [0.3, 0.4) is 0 Å². The molecule has 3 rings (SSSR count). The molecule has 0 amide bonds. The van der Waals surface area contributed by atoms with Crippen LogP contribution in [0.2, 0.25) is 0 Å². The van der Waals surface area contributed by atoms with Crippen molar-refractivity contribution in [1.82, 2.24) is 5.43 Å². The Morgan fingerprint density at radius 2 is 1.58 bits per heavy atom. The second kappa shape index (κ2) is 9.03. The maximum Gasteiger partial charge on any atom is 0.283 e. The molecule has 0 radical (unpaired) electrons. The third-order valence-electron chi connectivity index (χ3n) is 3.76. The zero-order valence-electron chi connectivity index (χ0n) is 14.1. The fraction of sp³-hybridized carbons (Fsp3) is 0.100. The molecule has 0 aliphatic carbocycles. The van der Waals surface area contributed by atoms with Crippen LogP contribution < -0.4 is 10.9 Å². The van der Waals surface area contributed by atoms with E-state index in [1.165, 1.54) is 11.8 Å². The van der Waals surface area contributed by atoms with E-state index in [9.17, 15) is 10.1 Å². The number of nitro groups is 1. The van der Waals surface area contributed by atoms with Gasteiger partial charge in [-0.15, -0.1) is 11.8 Å². The van der Waals surface area contributed by atoms with Gasteiger partial charge in [-0.1, -0.05) is 54.6 Å². The fourth-order valence-electron chi connectivity index (χ4n) is 2.44. The SMILES string of the molecule is O=[N+]([O-])c1cc(CNNc2ccccc2)ccc1SCc1ccccc1. The lowest BCUT2D eigenvalue weighted by Crippen LogP contribution is -2.20. The average Bonchev–Trinajstić information content (AvgIpc) is 2.68. The molecule has 0 heterocycles. The summed E-state index contributed by atoms with van der Waals surface area (Å²) < 4.78 is 0. The standard InChI is InChI=1S/C20H19N3O2S/c24-23(25)19-13-17(14-21-22-18-9-5-2-6-10-18)11-12-20(19)26-15-16-7-3-1-4-8-16/h1-13,21-22H,14-15H2. The molecule has 0 spiro atoms. The van der Waals surface area contributed by atoms with E-state index in [2.05, 4.69) is 10.9 Å². The molecular formula is C20H19N3O2S. The first-order valence-corrected chi connectivity index (χ1v) is 9.19. The lowest BCUT2D eigenvalue weighted by atomic mass is 10.2. The van der Waals surface area contributed by atoms with Crippen molar-refractivity contribution in [3.05, 3.63) is 100 Å². The Morgan fingerprint density at radius 3 is 2.27 bits per heavy atom. The van der Waals surface area contributed by atoms with Crippen LogP contribution in [0.4, 0.5) is 11.4 Å². The van der Waals surface area contributed by atoms with Crippen molar-refractivity contribution in [2.24, 2.45) is 0 Å². The van der Waals surface area contributed by atoms with Gasteiger partial charge in [0.05, 0.1) is 9.82 Å². The minimum absolute atomic E-state index is 0.143. The Labute approximate surface area is 156 Å². The summed E-state index contributed by atoms with van der Waals surface area (Å²) in [7, 11) is 0. The van der Waals surface area contributed by atoms with Gasteiger partial charge in [0, 0.05) is 24.1 Å². The lowest BCUT2D eigenvalue weighted by Gasteiger charge is -2.09. The van der Waals surface area contributed by atoms with Gasteiger partial charge in [-0.2, -0.15) is 0 Å². The van der Waals surface area contributed by atoms with Crippen LogP contribution in [0.1, 0.15) is 11.1 Å². The van der Waals surface area contributed by atoms with Crippen molar-refractivity contribution in [3.63, 3.8) is 0 Å². The number of nitro benzene ring substituents is 1. The molecular weight excluding hydrogens is 346 g/mol. The van der Waals surface area contributed by atoms with Crippen molar-refractivity contribution in [2.45, 2.75) is 17.2 Å². The summed E-state index contributed by atoms with van der Waals surface area (Å²) in [6.45, 7) is 0.485. The highest BCUT2D eigenvalue weighted by atomic mass is 32.2. The molecule has 0 saturated heterocycles. The van der Waals surface area contributed by atoms with Crippen molar-refractivity contribution in [1.29, 1.82) is 0 Å². The van der Waals surface area contributed by atoms with Crippen LogP contribution in [0, 0.1) is 10.1 Å². The van der Waals surface area contributed by atoms with Gasteiger partial charge in [0.25, 0.3) is 5.69 Å². The second-order valence-electron chi connectivity index (χ2n) is 5.68. The number of rotatable bonds is 8. The maximum atomic E-state index is 11.4. The predicted octanol–water partition coefficient (Wildman–Crippen LogP) is 5.00. The van der Waals surface area contributed by atoms with Crippen molar-refractivity contribution in [3.8, 4) is 0 Å². The first-order valence-electron chi connectivity index (χ1n) is 8.20. The Bertz CT molecular complexity index is 857. The molecule has 3 aromatic rings. The van der Waals surface area contributed by atoms with E-state index in [-0.39, 0.29) is 10.6 Å². The summed E-state index contributed by atoms with van der Waals surface area (Å²) in [6, 6.07) is 25.0. The molecule has 0 fully saturated rings. The zero-order chi connectivity index (χ0) is 18.2. The van der Waals surface area contributed by atoms with E-state index >= 15 is 0 Å². The molecule has 6 heteroatoms. The number of hydrogen-bond donors (Lipinski definition) is 2. The van der Waals surface area contributed by atoms with Gasteiger partial charge >= 0.3 is 0 Å². The Balaban J connectivity index is 1.63. The second-order valence-corrected chi connectivity index (χ2v) is 6.70. The van der Waals surface area contributed by atoms with E-state index in [0.717, 1.165) is 16.8 Å². The quantitative estimate of drug-likeness (QED) is 0.334. The van der Waals surface area contributed by atoms with Gasteiger partial charge in [-0.25, -0.2) is 5.43 Å². The number of thioether (sulfide) groups is 1. The minimum atomic E-state index is -0.318. The minimum Gasteiger partial charge on any atom is -0.321 e. The number of anilines is 1. The molecule has 132 valence electrons. The first-order chi connectivity index (χ1) is 12.7. The van der Waals surface area contributed by atoms with Gasteiger partial charge < -0.3 is 5.43 Å². The average molecular weight is 365 g/mol. The number of hydrazine groups is 1. The van der Waals surface area contributed by atoms with E-state index in [4.69, 9.17) is 0 Å². The summed E-state index contributed by atoms with van der Waals surface area (Å²) in [5, 5.41) is 11.4. The van der Waals surface area contributed by atoms with Crippen LogP contribution in [0.5, 0.6) is 0 Å². The Kier molecular flexibility index (Phi) is 6.24. The highest BCUT2D eigenvalue weighted by Gasteiger charge is 2.15. The molecule has 5 nitrogen and oxygen atoms in total. The maximum absolute atomic E-state index is 11.4. The summed E-state index contributed by atoms with van der Waals surface area (Å²) in [5.41, 5.74) is 9.24. The Morgan fingerprint density at radius 1 is 0.885 bits per heavy atom. The molecule has 2 N–H and O–H groups in total. The van der Waals surface area contributed by atoms with Gasteiger partial charge in [-0.05, 0) is 29.3 Å². The molecule has 3 aromatic carbocycles. The van der Waals surface area contributed by atoms with Gasteiger partial charge in [0.15, 0.2) is 0 Å². The van der Waals surface area contributed by atoms with Crippen molar-refractivity contribution in [2.75, 3.05) is 5.43 Å². The summed E-state index contributed by atoms with van der Waals surface area (Å²) in [4.78, 5) is 11.8. The molecule has 0 unspecified atom stereocenters. The summed E-state index contributed by atoms with van der Waals surface area (Å²) in [5.74, 6) is 0.703. The van der Waals surface area contributed by atoms with Gasteiger partial charge in [-0.3, -0.25) is 10.1 Å². The largest absolute Gasteiger partial charge is 0.321 e. The van der Waals surface area contributed by atoms with Gasteiger partial charge in [0.2, 0.25) is 0 Å². The number of para-hydroxylation sites is 1. The van der Waals surface area contributed by atoms with Crippen LogP contribution in [0.25, 0.3) is 0 Å². The smallest absolute Gasteiger partial charge is 0.283 e. The molecule has 0 aliphatic rings. The van der Waals surface area contributed by atoms with E-state index < -0.39 is 0 Å². The third kappa shape index (κ3) is 5.08. The number of nitrogens with one attached hydrogen (secondary N) is 2.